The summed E-state index contributed by atoms with van der Waals surface area (Å²) in [6, 6.07) is 5.99. The normalized spacial score (nSPS) is 11.6. The Bertz CT molecular complexity index is 1150. The summed E-state index contributed by atoms with van der Waals surface area (Å²) in [5, 5.41) is 8.07. The monoisotopic (exact) mass is 502 g/mol. The summed E-state index contributed by atoms with van der Waals surface area (Å²) in [6.45, 7) is 11.9. The number of nitrogens with one attached hydrogen (secondary N) is 2. The van der Waals surface area contributed by atoms with Crippen molar-refractivity contribution in [3.8, 4) is 5.75 Å². The van der Waals surface area contributed by atoms with E-state index in [1.165, 1.54) is 11.3 Å². The Balaban J connectivity index is 1.77. The van der Waals surface area contributed by atoms with E-state index in [0.717, 1.165) is 59.9 Å². The number of anilines is 2. The van der Waals surface area contributed by atoms with Gasteiger partial charge in [0.15, 0.2) is 6.61 Å². The highest BCUT2D eigenvalue weighted by molar-refractivity contribution is 9.10. The van der Waals surface area contributed by atoms with Crippen LogP contribution in [0.15, 0.2) is 27.8 Å². The zero-order valence-corrected chi connectivity index (χ0v) is 21.0. The molecular weight excluding hydrogens is 476 g/mol. The first-order valence-corrected chi connectivity index (χ1v) is 11.7. The first kappa shape index (κ1) is 23.2. The molecule has 0 aliphatic rings. The molecule has 0 spiro atoms. The number of amides is 1. The van der Waals surface area contributed by atoms with Crippen LogP contribution in [0.25, 0.3) is 10.2 Å². The highest BCUT2D eigenvalue weighted by Gasteiger charge is 2.16. The Morgan fingerprint density at radius 2 is 1.94 bits per heavy atom. The highest BCUT2D eigenvalue weighted by Crippen LogP contribution is 2.35. The van der Waals surface area contributed by atoms with E-state index in [4.69, 9.17) is 4.74 Å². The topological polar surface area (TPSA) is 75.6 Å². The smallest absolute Gasteiger partial charge is 0.262 e. The molecule has 2 N–H and O–H groups in total. The van der Waals surface area contributed by atoms with Gasteiger partial charge in [0.05, 0.1) is 14.7 Å². The molecule has 164 valence electrons. The van der Waals surface area contributed by atoms with Crippen molar-refractivity contribution in [2.24, 2.45) is 5.10 Å². The van der Waals surface area contributed by atoms with Crippen molar-refractivity contribution in [1.82, 2.24) is 4.98 Å². The van der Waals surface area contributed by atoms with E-state index in [2.05, 4.69) is 43.7 Å². The standard InChI is InChI=1S/C23H27BrN4O2S/c1-7-15(5)27-28-23-25-18-10-13(3)20(16(6)22(18)31-23)26-19(29)11-30-21-14(4)8-12(2)9-17(21)24/h8-10H,7,11H2,1-6H3,(H,25,28)(H,26,29)/b27-15-. The molecule has 6 nitrogen and oxygen atoms in total. The van der Waals surface area contributed by atoms with E-state index in [-0.39, 0.29) is 12.5 Å². The summed E-state index contributed by atoms with van der Waals surface area (Å²) in [5.41, 5.74) is 9.78. The van der Waals surface area contributed by atoms with Crippen molar-refractivity contribution >= 4 is 59.9 Å². The van der Waals surface area contributed by atoms with E-state index < -0.39 is 0 Å². The second-order valence-corrected chi connectivity index (χ2v) is 9.46. The van der Waals surface area contributed by atoms with Crippen molar-refractivity contribution in [1.29, 1.82) is 0 Å². The minimum atomic E-state index is -0.205. The number of aryl methyl sites for hydroxylation is 4. The molecule has 1 aromatic heterocycles. The second kappa shape index (κ2) is 9.78. The molecule has 1 amide bonds. The lowest BCUT2D eigenvalue weighted by molar-refractivity contribution is -0.118. The third-order valence-electron chi connectivity index (χ3n) is 4.96. The van der Waals surface area contributed by atoms with Crippen LogP contribution in [0.4, 0.5) is 10.8 Å². The van der Waals surface area contributed by atoms with Gasteiger partial charge in [-0.15, -0.1) is 0 Å². The molecule has 2 aromatic carbocycles. The zero-order valence-electron chi connectivity index (χ0n) is 18.6. The van der Waals surface area contributed by atoms with Gasteiger partial charge in [-0.05, 0) is 91.4 Å². The first-order chi connectivity index (χ1) is 14.7. The number of nitrogens with zero attached hydrogens (tertiary/aromatic N) is 2. The van der Waals surface area contributed by atoms with E-state index in [1.807, 2.05) is 52.8 Å². The largest absolute Gasteiger partial charge is 0.482 e. The number of hydrogen-bond donors (Lipinski definition) is 2. The fourth-order valence-corrected chi connectivity index (χ4v) is 4.93. The quantitative estimate of drug-likeness (QED) is 0.285. The average molecular weight is 503 g/mol. The van der Waals surface area contributed by atoms with Gasteiger partial charge in [0.1, 0.15) is 5.75 Å². The van der Waals surface area contributed by atoms with Crippen molar-refractivity contribution in [2.45, 2.75) is 48.0 Å². The maximum Gasteiger partial charge on any atom is 0.262 e. The summed E-state index contributed by atoms with van der Waals surface area (Å²) < 4.78 is 7.66. The third kappa shape index (κ3) is 5.43. The number of hydrogen-bond acceptors (Lipinski definition) is 6. The Hall–Kier alpha value is -2.45. The van der Waals surface area contributed by atoms with Crippen LogP contribution in [0.2, 0.25) is 0 Å². The van der Waals surface area contributed by atoms with Gasteiger partial charge in [-0.3, -0.25) is 10.2 Å². The minimum absolute atomic E-state index is 0.0695. The molecule has 0 fully saturated rings. The molecular formula is C23H27BrN4O2S. The Morgan fingerprint density at radius 1 is 1.19 bits per heavy atom. The minimum Gasteiger partial charge on any atom is -0.482 e. The lowest BCUT2D eigenvalue weighted by atomic mass is 10.1. The van der Waals surface area contributed by atoms with Crippen molar-refractivity contribution in [3.05, 3.63) is 44.9 Å². The predicted molar refractivity (Wildman–Crippen MR) is 134 cm³/mol. The van der Waals surface area contributed by atoms with Gasteiger partial charge in [-0.2, -0.15) is 5.10 Å². The van der Waals surface area contributed by atoms with Crippen LogP contribution in [0.5, 0.6) is 5.75 Å². The number of rotatable bonds is 7. The van der Waals surface area contributed by atoms with Crippen LogP contribution >= 0.6 is 27.3 Å². The molecule has 0 aliphatic heterocycles. The van der Waals surface area contributed by atoms with Gasteiger partial charge in [0.2, 0.25) is 5.13 Å². The molecule has 1 heterocycles. The summed E-state index contributed by atoms with van der Waals surface area (Å²) in [7, 11) is 0. The third-order valence-corrected chi connectivity index (χ3v) is 6.64. The maximum absolute atomic E-state index is 12.6. The average Bonchev–Trinajstić information content (AvgIpc) is 3.11. The molecule has 3 aromatic rings. The molecule has 0 saturated carbocycles. The Labute approximate surface area is 195 Å². The summed E-state index contributed by atoms with van der Waals surface area (Å²) >= 11 is 5.04. The lowest BCUT2D eigenvalue weighted by Crippen LogP contribution is -2.21. The van der Waals surface area contributed by atoms with Gasteiger partial charge in [0, 0.05) is 11.4 Å². The lowest BCUT2D eigenvalue weighted by Gasteiger charge is -2.14. The maximum atomic E-state index is 12.6. The number of fused-ring (bicyclic) bond motifs is 1. The van der Waals surface area contributed by atoms with E-state index in [9.17, 15) is 4.79 Å². The van der Waals surface area contributed by atoms with Gasteiger partial charge >= 0.3 is 0 Å². The molecule has 31 heavy (non-hydrogen) atoms. The fraction of sp³-hybridized carbons (Fsp3) is 0.348. The van der Waals surface area contributed by atoms with Gasteiger partial charge in [-0.1, -0.05) is 24.3 Å². The fourth-order valence-electron chi connectivity index (χ4n) is 3.25. The molecule has 3 rings (SSSR count). The number of ether oxygens (including phenoxy) is 1. The number of carbonyl (C=O) groups is 1. The van der Waals surface area contributed by atoms with Crippen LogP contribution in [-0.4, -0.2) is 23.2 Å². The Morgan fingerprint density at radius 3 is 2.61 bits per heavy atom. The molecule has 0 radical (unpaired) electrons. The summed E-state index contributed by atoms with van der Waals surface area (Å²) in [6.07, 6.45) is 0.882. The molecule has 0 saturated heterocycles. The predicted octanol–water partition coefficient (Wildman–Crippen LogP) is 6.51. The SMILES string of the molecule is CC/C(C)=N\Nc1nc2cc(C)c(NC(=O)COc3c(C)cc(C)cc3Br)c(C)c2s1. The number of halogens is 1. The zero-order chi connectivity index (χ0) is 22.7. The first-order valence-electron chi connectivity index (χ1n) is 10.1. The summed E-state index contributed by atoms with van der Waals surface area (Å²) in [4.78, 5) is 17.3. The second-order valence-electron chi connectivity index (χ2n) is 7.60. The van der Waals surface area contributed by atoms with Gasteiger partial charge in [0.25, 0.3) is 5.91 Å². The molecule has 0 aliphatic carbocycles. The van der Waals surface area contributed by atoms with E-state index in [0.29, 0.717) is 5.75 Å². The number of aromatic nitrogens is 1. The number of thiazole rings is 1. The molecule has 0 bridgehead atoms. The van der Waals surface area contributed by atoms with Crippen molar-refractivity contribution in [3.63, 3.8) is 0 Å². The molecule has 0 atom stereocenters. The van der Waals surface area contributed by atoms with Crippen LogP contribution in [0.3, 0.4) is 0 Å². The number of benzene rings is 2. The highest BCUT2D eigenvalue weighted by atomic mass is 79.9. The number of carbonyl (C=O) groups excluding carboxylic acids is 1. The van der Waals surface area contributed by atoms with Crippen LogP contribution in [0, 0.1) is 27.7 Å². The van der Waals surface area contributed by atoms with E-state index in [1.54, 1.807) is 0 Å². The van der Waals surface area contributed by atoms with Gasteiger partial charge in [-0.25, -0.2) is 4.98 Å². The molecule has 0 unspecified atom stereocenters. The van der Waals surface area contributed by atoms with Crippen LogP contribution in [0.1, 0.15) is 42.5 Å². The summed E-state index contributed by atoms with van der Waals surface area (Å²) in [5.74, 6) is 0.481. The molecule has 8 heteroatoms. The number of hydrazone groups is 1. The van der Waals surface area contributed by atoms with Crippen LogP contribution in [-0.2, 0) is 4.79 Å². The van der Waals surface area contributed by atoms with Gasteiger partial charge < -0.3 is 10.1 Å². The van der Waals surface area contributed by atoms with Crippen molar-refractivity contribution < 1.29 is 9.53 Å². The Kier molecular flexibility index (Phi) is 7.33. The van der Waals surface area contributed by atoms with Crippen molar-refractivity contribution in [2.75, 3.05) is 17.3 Å². The van der Waals surface area contributed by atoms with Crippen LogP contribution < -0.4 is 15.5 Å². The van der Waals surface area contributed by atoms with E-state index >= 15 is 0 Å².